The second kappa shape index (κ2) is 8.20. The lowest BCUT2D eigenvalue weighted by Crippen LogP contribution is -2.23. The van der Waals surface area contributed by atoms with E-state index in [2.05, 4.69) is 23.4 Å². The van der Waals surface area contributed by atoms with Crippen molar-refractivity contribution in [3.63, 3.8) is 0 Å². The van der Waals surface area contributed by atoms with Crippen LogP contribution in [0.5, 0.6) is 0 Å². The second-order valence-electron chi connectivity index (χ2n) is 3.73. The summed E-state index contributed by atoms with van der Waals surface area (Å²) in [5.74, 6) is 6.85. The molecule has 98 valence electrons. The third-order valence-corrected chi connectivity index (χ3v) is 4.10. The highest BCUT2D eigenvalue weighted by Crippen LogP contribution is 2.20. The molecule has 0 bridgehead atoms. The summed E-state index contributed by atoms with van der Waals surface area (Å²) in [6.45, 7) is 3.02. The van der Waals surface area contributed by atoms with Crippen molar-refractivity contribution < 1.29 is 4.79 Å². The zero-order valence-corrected chi connectivity index (χ0v) is 12.3. The van der Waals surface area contributed by atoms with Crippen LogP contribution in [0, 0.1) is 18.8 Å². The molecule has 18 heavy (non-hydrogen) atoms. The Kier molecular flexibility index (Phi) is 6.88. The van der Waals surface area contributed by atoms with E-state index in [4.69, 9.17) is 5.73 Å². The largest absolute Gasteiger partial charge is 0.351 e. The SMILES string of the molecule is CSCCCNC(=O)c1cc(C)c(C#CCN)s1. The number of hydrogen-bond acceptors (Lipinski definition) is 4. The van der Waals surface area contributed by atoms with Crippen molar-refractivity contribution in [1.29, 1.82) is 0 Å². The molecule has 0 fully saturated rings. The molecular weight excluding hydrogens is 264 g/mol. The van der Waals surface area contributed by atoms with E-state index in [0.717, 1.165) is 34.0 Å². The molecule has 1 rings (SSSR count). The summed E-state index contributed by atoms with van der Waals surface area (Å²) in [6.07, 6.45) is 3.06. The minimum atomic E-state index is -0.00926. The minimum absolute atomic E-state index is 0.00926. The van der Waals surface area contributed by atoms with Gasteiger partial charge < -0.3 is 11.1 Å². The van der Waals surface area contributed by atoms with Crippen molar-refractivity contribution in [2.45, 2.75) is 13.3 Å². The lowest BCUT2D eigenvalue weighted by molar-refractivity contribution is 0.0958. The lowest BCUT2D eigenvalue weighted by atomic mass is 10.2. The van der Waals surface area contributed by atoms with Crippen LogP contribution >= 0.6 is 23.1 Å². The predicted molar refractivity (Wildman–Crippen MR) is 80.3 cm³/mol. The van der Waals surface area contributed by atoms with Crippen molar-refractivity contribution in [3.05, 3.63) is 21.4 Å². The van der Waals surface area contributed by atoms with Crippen LogP contribution in [-0.2, 0) is 0 Å². The normalized spacial score (nSPS) is 9.72. The van der Waals surface area contributed by atoms with Gasteiger partial charge in [-0.3, -0.25) is 4.79 Å². The number of thioether (sulfide) groups is 1. The Morgan fingerprint density at radius 1 is 1.61 bits per heavy atom. The average molecular weight is 282 g/mol. The summed E-state index contributed by atoms with van der Waals surface area (Å²) >= 11 is 3.21. The number of hydrogen-bond donors (Lipinski definition) is 2. The van der Waals surface area contributed by atoms with Gasteiger partial charge in [-0.25, -0.2) is 0 Å². The van der Waals surface area contributed by atoms with Crippen molar-refractivity contribution in [3.8, 4) is 11.8 Å². The maximum Gasteiger partial charge on any atom is 0.261 e. The Hall–Kier alpha value is -0.960. The van der Waals surface area contributed by atoms with Gasteiger partial charge in [0.2, 0.25) is 0 Å². The van der Waals surface area contributed by atoms with E-state index in [1.54, 1.807) is 11.8 Å². The first kappa shape index (κ1) is 15.1. The molecule has 0 aliphatic rings. The number of thiophene rings is 1. The highest BCUT2D eigenvalue weighted by Gasteiger charge is 2.10. The van der Waals surface area contributed by atoms with Gasteiger partial charge in [-0.15, -0.1) is 11.3 Å². The van der Waals surface area contributed by atoms with Gasteiger partial charge in [0.05, 0.1) is 16.3 Å². The standard InChI is InChI=1S/C13H18N2OS2/c1-10-9-12(18-11(10)5-3-6-14)13(16)15-7-4-8-17-2/h9H,4,6-8,14H2,1-2H3,(H,15,16). The van der Waals surface area contributed by atoms with Crippen LogP contribution < -0.4 is 11.1 Å². The van der Waals surface area contributed by atoms with Gasteiger partial charge in [0.25, 0.3) is 5.91 Å². The monoisotopic (exact) mass is 282 g/mol. The molecule has 0 atom stereocenters. The Balaban J connectivity index is 2.58. The van der Waals surface area contributed by atoms with Crippen LogP contribution in [0.15, 0.2) is 6.07 Å². The molecule has 1 heterocycles. The number of amides is 1. The molecule has 0 spiro atoms. The fourth-order valence-corrected chi connectivity index (χ4v) is 2.75. The summed E-state index contributed by atoms with van der Waals surface area (Å²) < 4.78 is 0. The van der Waals surface area contributed by atoms with Crippen molar-refractivity contribution in [1.82, 2.24) is 5.32 Å². The van der Waals surface area contributed by atoms with E-state index in [0.29, 0.717) is 6.54 Å². The van der Waals surface area contributed by atoms with Gasteiger partial charge in [0, 0.05) is 6.54 Å². The van der Waals surface area contributed by atoms with Crippen molar-refractivity contribution in [2.75, 3.05) is 25.1 Å². The van der Waals surface area contributed by atoms with Crippen LogP contribution in [0.25, 0.3) is 0 Å². The number of aryl methyl sites for hydroxylation is 1. The molecule has 0 aromatic carbocycles. The van der Waals surface area contributed by atoms with Gasteiger partial charge in [-0.1, -0.05) is 11.8 Å². The maximum absolute atomic E-state index is 11.9. The molecular formula is C13H18N2OS2. The summed E-state index contributed by atoms with van der Waals surface area (Å²) in [4.78, 5) is 13.5. The smallest absolute Gasteiger partial charge is 0.261 e. The van der Waals surface area contributed by atoms with Gasteiger partial charge in [-0.2, -0.15) is 11.8 Å². The topological polar surface area (TPSA) is 55.1 Å². The van der Waals surface area contributed by atoms with Gasteiger partial charge in [0.1, 0.15) is 0 Å². The van der Waals surface area contributed by atoms with Crippen LogP contribution in [0.2, 0.25) is 0 Å². The quantitative estimate of drug-likeness (QED) is 0.640. The first-order valence-electron chi connectivity index (χ1n) is 5.75. The third-order valence-electron chi connectivity index (χ3n) is 2.26. The highest BCUT2D eigenvalue weighted by atomic mass is 32.2. The summed E-state index contributed by atoms with van der Waals surface area (Å²) in [5.41, 5.74) is 6.37. The number of carbonyl (C=O) groups is 1. The Labute approximate surface area is 117 Å². The van der Waals surface area contributed by atoms with Crippen LogP contribution in [0.1, 0.15) is 26.5 Å². The molecule has 0 unspecified atom stereocenters. The first-order valence-corrected chi connectivity index (χ1v) is 7.96. The van der Waals surface area contributed by atoms with E-state index in [1.165, 1.54) is 11.3 Å². The molecule has 0 aliphatic carbocycles. The van der Waals surface area contributed by atoms with Gasteiger partial charge in [0.15, 0.2) is 0 Å². The number of nitrogens with two attached hydrogens (primary N) is 1. The Morgan fingerprint density at radius 3 is 3.06 bits per heavy atom. The van der Waals surface area contributed by atoms with Gasteiger partial charge in [-0.05, 0) is 37.0 Å². The first-order chi connectivity index (χ1) is 8.69. The Bertz CT molecular complexity index is 457. The number of rotatable bonds is 5. The maximum atomic E-state index is 11.9. The zero-order valence-electron chi connectivity index (χ0n) is 10.7. The van der Waals surface area contributed by atoms with E-state index in [9.17, 15) is 4.79 Å². The molecule has 0 aliphatic heterocycles. The third kappa shape index (κ3) is 4.73. The average Bonchev–Trinajstić information content (AvgIpc) is 2.73. The van der Waals surface area contributed by atoms with Crippen molar-refractivity contribution in [2.24, 2.45) is 5.73 Å². The molecule has 0 radical (unpaired) electrons. The Morgan fingerprint density at radius 2 is 2.39 bits per heavy atom. The predicted octanol–water partition coefficient (Wildman–Crippen LogP) is 1.85. The number of carbonyl (C=O) groups excluding carboxylic acids is 1. The molecule has 3 N–H and O–H groups in total. The van der Waals surface area contributed by atoms with E-state index in [-0.39, 0.29) is 5.91 Å². The van der Waals surface area contributed by atoms with Gasteiger partial charge >= 0.3 is 0 Å². The zero-order chi connectivity index (χ0) is 13.4. The van der Waals surface area contributed by atoms with Crippen LogP contribution in [0.3, 0.4) is 0 Å². The molecule has 1 amide bonds. The lowest BCUT2D eigenvalue weighted by Gasteiger charge is -2.01. The number of nitrogens with one attached hydrogen (secondary N) is 1. The summed E-state index contributed by atoms with van der Waals surface area (Å²) in [7, 11) is 0. The summed E-state index contributed by atoms with van der Waals surface area (Å²) in [5, 5.41) is 2.92. The molecule has 0 saturated carbocycles. The fraction of sp³-hybridized carbons (Fsp3) is 0.462. The van der Waals surface area contributed by atoms with Crippen LogP contribution in [0.4, 0.5) is 0 Å². The molecule has 5 heteroatoms. The van der Waals surface area contributed by atoms with Crippen molar-refractivity contribution >= 4 is 29.0 Å². The molecule has 1 aromatic rings. The summed E-state index contributed by atoms with van der Waals surface area (Å²) in [6, 6.07) is 1.88. The van der Waals surface area contributed by atoms with E-state index >= 15 is 0 Å². The molecule has 1 aromatic heterocycles. The van der Waals surface area contributed by atoms with E-state index < -0.39 is 0 Å². The molecule has 3 nitrogen and oxygen atoms in total. The molecule has 0 saturated heterocycles. The van der Waals surface area contributed by atoms with Crippen LogP contribution in [-0.4, -0.2) is 31.0 Å². The highest BCUT2D eigenvalue weighted by molar-refractivity contribution is 7.98. The fourth-order valence-electron chi connectivity index (χ4n) is 1.35. The second-order valence-corrected chi connectivity index (χ2v) is 5.77. The minimum Gasteiger partial charge on any atom is -0.351 e. The van der Waals surface area contributed by atoms with E-state index in [1.807, 2.05) is 13.0 Å².